The number of nitrogens with one attached hydrogen (secondary N) is 1. The van der Waals surface area contributed by atoms with Crippen LogP contribution in [0.25, 0.3) is 11.0 Å². The van der Waals surface area contributed by atoms with Crippen molar-refractivity contribution in [2.24, 2.45) is 7.05 Å². The van der Waals surface area contributed by atoms with Crippen LogP contribution in [-0.4, -0.2) is 36.6 Å². The molecule has 0 radical (unpaired) electrons. The number of aliphatic hydroxyl groups excluding tert-OH is 1. The Morgan fingerprint density at radius 3 is 3.00 bits per heavy atom. The lowest BCUT2D eigenvalue weighted by atomic mass is 9.83. The second kappa shape index (κ2) is 5.47. The Kier molecular flexibility index (Phi) is 3.43. The van der Waals surface area contributed by atoms with Gasteiger partial charge >= 0.3 is 0 Å². The Labute approximate surface area is 134 Å². The van der Waals surface area contributed by atoms with Gasteiger partial charge in [0.2, 0.25) is 0 Å². The van der Waals surface area contributed by atoms with E-state index in [0.29, 0.717) is 0 Å². The van der Waals surface area contributed by atoms with Gasteiger partial charge in [0, 0.05) is 25.8 Å². The lowest BCUT2D eigenvalue weighted by Crippen LogP contribution is -2.54. The number of hydrogen-bond donors (Lipinski definition) is 2. The highest BCUT2D eigenvalue weighted by molar-refractivity contribution is 5.75. The third kappa shape index (κ3) is 2.54. The fourth-order valence-corrected chi connectivity index (χ4v) is 3.31. The predicted octanol–water partition coefficient (Wildman–Crippen LogP) is 1.54. The number of nitrogens with zero attached hydrogens (tertiary/aromatic N) is 4. The van der Waals surface area contributed by atoms with Gasteiger partial charge in [0.1, 0.15) is 0 Å². The quantitative estimate of drug-likeness (QED) is 0.767. The standard InChI is InChI=1S/C17H21N5O/c1-11-7-20-22(9-11)17-14(6-16(17)23)18-8-12-3-4-15-13(5-12)19-10-21(15)2/h3-5,7,9-10,14,16-18,23H,6,8H2,1-2H3/t14-,16+,17+/m0/s1. The minimum Gasteiger partial charge on any atom is -0.391 e. The van der Waals surface area contributed by atoms with Crippen LogP contribution in [0.1, 0.15) is 23.6 Å². The van der Waals surface area contributed by atoms with Crippen molar-refractivity contribution in [3.05, 3.63) is 48.0 Å². The Morgan fingerprint density at radius 1 is 1.39 bits per heavy atom. The fourth-order valence-electron chi connectivity index (χ4n) is 3.31. The van der Waals surface area contributed by atoms with Gasteiger partial charge in [-0.15, -0.1) is 0 Å². The molecule has 6 nitrogen and oxygen atoms in total. The second-order valence-electron chi connectivity index (χ2n) is 6.46. The van der Waals surface area contributed by atoms with E-state index in [2.05, 4.69) is 33.6 Å². The van der Waals surface area contributed by atoms with Crippen LogP contribution in [0.15, 0.2) is 36.9 Å². The first-order valence-electron chi connectivity index (χ1n) is 7.94. The first-order valence-corrected chi connectivity index (χ1v) is 7.94. The number of benzene rings is 1. The topological polar surface area (TPSA) is 67.9 Å². The maximum Gasteiger partial charge on any atom is 0.0955 e. The van der Waals surface area contributed by atoms with Crippen LogP contribution in [0.3, 0.4) is 0 Å². The van der Waals surface area contributed by atoms with Gasteiger partial charge in [-0.3, -0.25) is 4.68 Å². The smallest absolute Gasteiger partial charge is 0.0955 e. The minimum absolute atomic E-state index is 0.0160. The average molecular weight is 311 g/mol. The summed E-state index contributed by atoms with van der Waals surface area (Å²) in [7, 11) is 2.00. The number of imidazole rings is 1. The van der Waals surface area contributed by atoms with Crippen molar-refractivity contribution >= 4 is 11.0 Å². The van der Waals surface area contributed by atoms with E-state index in [4.69, 9.17) is 0 Å². The van der Waals surface area contributed by atoms with E-state index in [-0.39, 0.29) is 18.2 Å². The van der Waals surface area contributed by atoms with Crippen LogP contribution in [0.2, 0.25) is 0 Å². The third-order valence-corrected chi connectivity index (χ3v) is 4.70. The second-order valence-corrected chi connectivity index (χ2v) is 6.46. The van der Waals surface area contributed by atoms with Crippen molar-refractivity contribution in [3.63, 3.8) is 0 Å². The summed E-state index contributed by atoms with van der Waals surface area (Å²) in [5.74, 6) is 0. The molecule has 1 saturated carbocycles. The molecule has 3 atom stereocenters. The van der Waals surface area contributed by atoms with E-state index >= 15 is 0 Å². The van der Waals surface area contributed by atoms with Crippen molar-refractivity contribution in [1.82, 2.24) is 24.6 Å². The first-order chi connectivity index (χ1) is 11.1. The molecule has 1 aromatic carbocycles. The van der Waals surface area contributed by atoms with Crippen LogP contribution >= 0.6 is 0 Å². The van der Waals surface area contributed by atoms with Gasteiger partial charge in [-0.25, -0.2) is 4.98 Å². The maximum atomic E-state index is 10.1. The van der Waals surface area contributed by atoms with Gasteiger partial charge in [-0.2, -0.15) is 5.10 Å². The van der Waals surface area contributed by atoms with E-state index < -0.39 is 0 Å². The molecule has 2 N–H and O–H groups in total. The Balaban J connectivity index is 1.45. The zero-order valence-corrected chi connectivity index (χ0v) is 13.3. The molecule has 1 aliphatic carbocycles. The largest absolute Gasteiger partial charge is 0.391 e. The molecule has 6 heteroatoms. The SMILES string of the molecule is Cc1cnn([C@H]2[C@H](O)C[C@@H]2NCc2ccc3c(c2)ncn3C)c1. The summed E-state index contributed by atoms with van der Waals surface area (Å²) in [6, 6.07) is 6.60. The van der Waals surface area contributed by atoms with Crippen LogP contribution < -0.4 is 5.32 Å². The van der Waals surface area contributed by atoms with E-state index in [1.165, 1.54) is 5.56 Å². The third-order valence-electron chi connectivity index (χ3n) is 4.70. The first kappa shape index (κ1) is 14.4. The fraction of sp³-hybridized carbons (Fsp3) is 0.412. The van der Waals surface area contributed by atoms with Crippen LogP contribution in [0, 0.1) is 6.92 Å². The number of aryl methyl sites for hydroxylation is 2. The van der Waals surface area contributed by atoms with Crippen molar-refractivity contribution in [1.29, 1.82) is 0 Å². The van der Waals surface area contributed by atoms with Gasteiger partial charge in [-0.05, 0) is 36.6 Å². The Hall–Kier alpha value is -2.18. The number of rotatable bonds is 4. The predicted molar refractivity (Wildman–Crippen MR) is 88.0 cm³/mol. The molecule has 4 rings (SSSR count). The van der Waals surface area contributed by atoms with Gasteiger partial charge in [0.25, 0.3) is 0 Å². The van der Waals surface area contributed by atoms with Crippen molar-refractivity contribution in [2.75, 3.05) is 0 Å². The molecule has 0 aliphatic heterocycles. The highest BCUT2D eigenvalue weighted by Crippen LogP contribution is 2.32. The molecule has 2 heterocycles. The molecule has 120 valence electrons. The molecule has 0 amide bonds. The van der Waals surface area contributed by atoms with E-state index in [1.807, 2.05) is 41.9 Å². The molecule has 1 fully saturated rings. The zero-order chi connectivity index (χ0) is 16.0. The number of aliphatic hydroxyl groups is 1. The zero-order valence-electron chi connectivity index (χ0n) is 13.3. The lowest BCUT2D eigenvalue weighted by molar-refractivity contribution is -0.00823. The summed E-state index contributed by atoms with van der Waals surface area (Å²) >= 11 is 0. The highest BCUT2D eigenvalue weighted by Gasteiger charge is 2.41. The van der Waals surface area contributed by atoms with E-state index in [0.717, 1.165) is 29.6 Å². The monoisotopic (exact) mass is 311 g/mol. The molecular weight excluding hydrogens is 290 g/mol. The summed E-state index contributed by atoms with van der Waals surface area (Å²) in [6.07, 6.45) is 6.08. The summed E-state index contributed by atoms with van der Waals surface area (Å²) in [4.78, 5) is 4.40. The van der Waals surface area contributed by atoms with Gasteiger partial charge in [0.05, 0.1) is 35.7 Å². The molecule has 0 spiro atoms. The summed E-state index contributed by atoms with van der Waals surface area (Å²) < 4.78 is 3.90. The molecule has 0 saturated heterocycles. The van der Waals surface area contributed by atoms with E-state index in [9.17, 15) is 5.11 Å². The van der Waals surface area contributed by atoms with Crippen molar-refractivity contribution in [2.45, 2.75) is 38.1 Å². The molecule has 23 heavy (non-hydrogen) atoms. The summed E-state index contributed by atoms with van der Waals surface area (Å²) in [6.45, 7) is 2.78. The molecular formula is C17H21N5O. The minimum atomic E-state index is -0.329. The molecule has 3 aromatic rings. The number of aromatic nitrogens is 4. The van der Waals surface area contributed by atoms with Crippen molar-refractivity contribution in [3.8, 4) is 0 Å². The number of hydrogen-bond acceptors (Lipinski definition) is 4. The number of fused-ring (bicyclic) bond motifs is 1. The Bertz CT molecular complexity index is 836. The molecule has 0 bridgehead atoms. The average Bonchev–Trinajstić information content (AvgIpc) is 3.09. The summed E-state index contributed by atoms with van der Waals surface area (Å²) in [5.41, 5.74) is 4.47. The lowest BCUT2D eigenvalue weighted by Gasteiger charge is -2.42. The highest BCUT2D eigenvalue weighted by atomic mass is 16.3. The van der Waals surface area contributed by atoms with Gasteiger partial charge < -0.3 is 15.0 Å². The summed E-state index contributed by atoms with van der Waals surface area (Å²) in [5, 5.41) is 17.9. The van der Waals surface area contributed by atoms with Gasteiger partial charge in [-0.1, -0.05) is 6.07 Å². The molecule has 2 aromatic heterocycles. The Morgan fingerprint density at radius 2 is 2.26 bits per heavy atom. The van der Waals surface area contributed by atoms with Crippen molar-refractivity contribution < 1.29 is 5.11 Å². The van der Waals surface area contributed by atoms with Crippen LogP contribution in [-0.2, 0) is 13.6 Å². The van der Waals surface area contributed by atoms with Gasteiger partial charge in [0.15, 0.2) is 0 Å². The van der Waals surface area contributed by atoms with Crippen LogP contribution in [0.4, 0.5) is 0 Å². The maximum absolute atomic E-state index is 10.1. The molecule has 0 unspecified atom stereocenters. The molecule has 1 aliphatic rings. The normalized spacial score (nSPS) is 24.0. The van der Waals surface area contributed by atoms with E-state index in [1.54, 1.807) is 0 Å². The van der Waals surface area contributed by atoms with Crippen LogP contribution in [0.5, 0.6) is 0 Å².